The number of amides is 1. The molecule has 1 saturated heterocycles. The van der Waals surface area contributed by atoms with Crippen molar-refractivity contribution in [2.24, 2.45) is 17.0 Å². The zero-order valence-corrected chi connectivity index (χ0v) is 14.5. The number of carbonyl (C=O) groups excluding carboxylic acids is 1. The fourth-order valence-electron chi connectivity index (χ4n) is 3.26. The number of hydrogen-bond donors (Lipinski definition) is 2. The van der Waals surface area contributed by atoms with Crippen LogP contribution >= 0.6 is 0 Å². The molecule has 0 saturated carbocycles. The van der Waals surface area contributed by atoms with Gasteiger partial charge >= 0.3 is 5.97 Å². The van der Waals surface area contributed by atoms with Gasteiger partial charge in [0.1, 0.15) is 13.2 Å². The van der Waals surface area contributed by atoms with Crippen molar-refractivity contribution < 1.29 is 19.5 Å². The summed E-state index contributed by atoms with van der Waals surface area (Å²) >= 11 is 0. The van der Waals surface area contributed by atoms with Gasteiger partial charge in [-0.15, -0.1) is 0 Å². The molecule has 7 nitrogen and oxygen atoms in total. The Hall–Kier alpha value is -1.63. The standard InChI is InChI=1S/C16H29N3O4/c1-5-6-14(11(2)18-12(3)20)10-19-9-13(8-17-23-4)7-15(19)16(21)22/h8,11,13-15H,5-7,9-10H2,1-4H3,(H,18,20)(H,21,22)/t11?,13?,14-,15?/m0/s1. The van der Waals surface area contributed by atoms with Crippen LogP contribution in [0.25, 0.3) is 0 Å². The summed E-state index contributed by atoms with van der Waals surface area (Å²) in [5.74, 6) is -0.557. The highest BCUT2D eigenvalue weighted by atomic mass is 16.6. The van der Waals surface area contributed by atoms with E-state index in [0.29, 0.717) is 19.5 Å². The minimum atomic E-state index is -0.805. The zero-order valence-electron chi connectivity index (χ0n) is 14.5. The Morgan fingerprint density at radius 3 is 2.74 bits per heavy atom. The highest BCUT2D eigenvalue weighted by Crippen LogP contribution is 2.25. The van der Waals surface area contributed by atoms with E-state index in [1.165, 1.54) is 14.0 Å². The van der Waals surface area contributed by atoms with E-state index in [1.807, 2.05) is 11.8 Å². The summed E-state index contributed by atoms with van der Waals surface area (Å²) in [6.45, 7) is 6.89. The molecule has 2 N–H and O–H groups in total. The number of oxime groups is 1. The Balaban J connectivity index is 2.76. The molecule has 1 aliphatic rings. The Kier molecular flexibility index (Phi) is 8.02. The molecule has 1 amide bonds. The van der Waals surface area contributed by atoms with Crippen LogP contribution in [-0.2, 0) is 14.4 Å². The van der Waals surface area contributed by atoms with Crippen molar-refractivity contribution in [3.8, 4) is 0 Å². The summed E-state index contributed by atoms with van der Waals surface area (Å²) in [7, 11) is 1.48. The van der Waals surface area contributed by atoms with Crippen LogP contribution in [0.2, 0.25) is 0 Å². The first-order chi connectivity index (χ1) is 10.9. The van der Waals surface area contributed by atoms with Crippen LogP contribution in [-0.4, -0.2) is 60.4 Å². The maximum atomic E-state index is 11.5. The third-order valence-electron chi connectivity index (χ3n) is 4.36. The lowest BCUT2D eigenvalue weighted by Crippen LogP contribution is -2.45. The van der Waals surface area contributed by atoms with E-state index in [1.54, 1.807) is 6.21 Å². The summed E-state index contributed by atoms with van der Waals surface area (Å²) in [5, 5.41) is 16.2. The molecule has 23 heavy (non-hydrogen) atoms. The number of carbonyl (C=O) groups is 2. The van der Waals surface area contributed by atoms with Crippen molar-refractivity contribution in [3.05, 3.63) is 0 Å². The predicted molar refractivity (Wildman–Crippen MR) is 88.3 cm³/mol. The highest BCUT2D eigenvalue weighted by Gasteiger charge is 2.37. The number of carboxylic acids is 1. The fraction of sp³-hybridized carbons (Fsp3) is 0.812. The van der Waals surface area contributed by atoms with Gasteiger partial charge in [0.15, 0.2) is 0 Å². The van der Waals surface area contributed by atoms with Gasteiger partial charge in [-0.05, 0) is 25.7 Å². The van der Waals surface area contributed by atoms with Gasteiger partial charge in [0.05, 0.1) is 0 Å². The monoisotopic (exact) mass is 327 g/mol. The molecule has 0 aliphatic carbocycles. The molecule has 1 aliphatic heterocycles. The van der Waals surface area contributed by atoms with Gasteiger partial charge in [-0.3, -0.25) is 14.5 Å². The van der Waals surface area contributed by atoms with Crippen molar-refractivity contribution in [2.75, 3.05) is 20.2 Å². The summed E-state index contributed by atoms with van der Waals surface area (Å²) in [4.78, 5) is 29.5. The average Bonchev–Trinajstić information content (AvgIpc) is 2.87. The third-order valence-corrected chi connectivity index (χ3v) is 4.36. The van der Waals surface area contributed by atoms with Crippen molar-refractivity contribution in [2.45, 2.75) is 52.1 Å². The molecule has 1 heterocycles. The van der Waals surface area contributed by atoms with Gasteiger partial charge in [0, 0.05) is 38.2 Å². The Morgan fingerprint density at radius 1 is 1.52 bits per heavy atom. The summed E-state index contributed by atoms with van der Waals surface area (Å²) in [5.41, 5.74) is 0. The van der Waals surface area contributed by atoms with E-state index < -0.39 is 12.0 Å². The Morgan fingerprint density at radius 2 is 2.22 bits per heavy atom. The first-order valence-corrected chi connectivity index (χ1v) is 8.19. The van der Waals surface area contributed by atoms with Crippen molar-refractivity contribution in [3.63, 3.8) is 0 Å². The van der Waals surface area contributed by atoms with Crippen LogP contribution in [0.1, 0.15) is 40.0 Å². The SMILES string of the molecule is CCC[C@@H](CN1CC(C=NOC)CC1C(=O)O)C(C)NC(C)=O. The van der Waals surface area contributed by atoms with Gasteiger partial charge in [-0.2, -0.15) is 0 Å². The smallest absolute Gasteiger partial charge is 0.320 e. The van der Waals surface area contributed by atoms with E-state index in [2.05, 4.69) is 17.4 Å². The lowest BCUT2D eigenvalue weighted by Gasteiger charge is -2.30. The van der Waals surface area contributed by atoms with Gasteiger partial charge in [0.2, 0.25) is 5.91 Å². The Labute approximate surface area is 138 Å². The van der Waals surface area contributed by atoms with Crippen LogP contribution in [0.5, 0.6) is 0 Å². The van der Waals surface area contributed by atoms with Gasteiger partial charge in [-0.1, -0.05) is 18.5 Å². The molecule has 4 atom stereocenters. The van der Waals surface area contributed by atoms with Gasteiger partial charge in [-0.25, -0.2) is 0 Å². The largest absolute Gasteiger partial charge is 0.480 e. The van der Waals surface area contributed by atoms with Gasteiger partial charge < -0.3 is 15.3 Å². The lowest BCUT2D eigenvalue weighted by atomic mass is 9.95. The molecule has 0 bridgehead atoms. The Bertz CT molecular complexity index is 428. The second-order valence-corrected chi connectivity index (χ2v) is 6.28. The normalized spacial score (nSPS) is 24.5. The van der Waals surface area contributed by atoms with Crippen LogP contribution in [0, 0.1) is 11.8 Å². The molecule has 0 aromatic heterocycles. The van der Waals surface area contributed by atoms with E-state index in [0.717, 1.165) is 12.8 Å². The minimum Gasteiger partial charge on any atom is -0.480 e. The average molecular weight is 327 g/mol. The molecule has 3 unspecified atom stereocenters. The second-order valence-electron chi connectivity index (χ2n) is 6.28. The van der Waals surface area contributed by atoms with Gasteiger partial charge in [0.25, 0.3) is 0 Å². The molecule has 1 rings (SSSR count). The molecule has 0 aromatic carbocycles. The molecule has 1 fully saturated rings. The molecule has 0 spiro atoms. The predicted octanol–water partition coefficient (Wildman–Crippen LogP) is 1.33. The van der Waals surface area contributed by atoms with Crippen LogP contribution < -0.4 is 5.32 Å². The van der Waals surface area contributed by atoms with Crippen molar-refractivity contribution in [1.82, 2.24) is 10.2 Å². The molecular formula is C16H29N3O4. The topological polar surface area (TPSA) is 91.2 Å². The van der Waals surface area contributed by atoms with E-state index in [4.69, 9.17) is 4.84 Å². The lowest BCUT2D eigenvalue weighted by molar-refractivity contribution is -0.142. The number of nitrogens with one attached hydrogen (secondary N) is 1. The second kappa shape index (κ2) is 9.50. The van der Waals surface area contributed by atoms with Crippen LogP contribution in [0.3, 0.4) is 0 Å². The molecule has 0 aromatic rings. The number of carboxylic acid groups (broad SMARTS) is 1. The van der Waals surface area contributed by atoms with Crippen molar-refractivity contribution in [1.29, 1.82) is 0 Å². The van der Waals surface area contributed by atoms with E-state index >= 15 is 0 Å². The van der Waals surface area contributed by atoms with Crippen molar-refractivity contribution >= 4 is 18.1 Å². The summed E-state index contributed by atoms with van der Waals surface area (Å²) < 4.78 is 0. The van der Waals surface area contributed by atoms with Crippen LogP contribution in [0.15, 0.2) is 5.16 Å². The first-order valence-electron chi connectivity index (χ1n) is 8.19. The zero-order chi connectivity index (χ0) is 17.4. The maximum absolute atomic E-state index is 11.5. The number of hydrogen-bond acceptors (Lipinski definition) is 5. The van der Waals surface area contributed by atoms with E-state index in [-0.39, 0.29) is 23.8 Å². The number of likely N-dealkylation sites (tertiary alicyclic amines) is 1. The molecule has 0 radical (unpaired) electrons. The quantitative estimate of drug-likeness (QED) is 0.492. The summed E-state index contributed by atoms with van der Waals surface area (Å²) in [6.07, 6.45) is 4.16. The number of nitrogens with zero attached hydrogens (tertiary/aromatic N) is 2. The molecular weight excluding hydrogens is 298 g/mol. The number of rotatable bonds is 9. The molecule has 7 heteroatoms. The first kappa shape index (κ1) is 19.4. The maximum Gasteiger partial charge on any atom is 0.320 e. The van der Waals surface area contributed by atoms with E-state index in [9.17, 15) is 14.7 Å². The number of aliphatic carboxylic acids is 1. The minimum absolute atomic E-state index is 0.0218. The molecule has 132 valence electrons. The summed E-state index contributed by atoms with van der Waals surface area (Å²) in [6, 6.07) is -0.485. The fourth-order valence-corrected chi connectivity index (χ4v) is 3.26. The third kappa shape index (κ3) is 6.17. The highest BCUT2D eigenvalue weighted by molar-refractivity contribution is 5.75. The van der Waals surface area contributed by atoms with Crippen LogP contribution in [0.4, 0.5) is 0 Å².